The lowest BCUT2D eigenvalue weighted by atomic mass is 9.87. The van der Waals surface area contributed by atoms with Gasteiger partial charge in [0.1, 0.15) is 6.18 Å². The number of hydrogen-bond donors (Lipinski definition) is 0. The third kappa shape index (κ3) is 2.21. The summed E-state index contributed by atoms with van der Waals surface area (Å²) >= 11 is 0. The third-order valence-electron chi connectivity index (χ3n) is 4.60. The van der Waals surface area contributed by atoms with Gasteiger partial charge in [0, 0.05) is 23.6 Å². The van der Waals surface area contributed by atoms with Crippen molar-refractivity contribution in [2.75, 3.05) is 4.90 Å². The summed E-state index contributed by atoms with van der Waals surface area (Å²) in [6.45, 7) is -4.57. The lowest BCUT2D eigenvalue weighted by Gasteiger charge is -2.38. The van der Waals surface area contributed by atoms with Crippen molar-refractivity contribution in [3.05, 3.63) is 100 Å². The summed E-state index contributed by atoms with van der Waals surface area (Å²) in [6.07, 6.45) is -1.03. The van der Waals surface area contributed by atoms with Gasteiger partial charge in [-0.25, -0.2) is 0 Å². The molecule has 0 unspecified atom stereocenters. The van der Waals surface area contributed by atoms with Crippen molar-refractivity contribution in [1.29, 1.82) is 0 Å². The Balaban J connectivity index is 2.11. The highest BCUT2D eigenvalue weighted by Crippen LogP contribution is 2.52. The van der Waals surface area contributed by atoms with Crippen LogP contribution >= 0.6 is 0 Å². The fourth-order valence-corrected chi connectivity index (χ4v) is 3.45. The van der Waals surface area contributed by atoms with Gasteiger partial charge in [0.25, 0.3) is 0 Å². The molecule has 2 aliphatic heterocycles. The zero-order chi connectivity index (χ0) is 35.8. The van der Waals surface area contributed by atoms with Crippen LogP contribution in [-0.2, 0) is 0 Å². The molecule has 2 nitrogen and oxygen atoms in total. The van der Waals surface area contributed by atoms with Gasteiger partial charge < -0.3 is 0 Å². The molecule has 0 saturated heterocycles. The molecule has 0 atom stereocenters. The Morgan fingerprint density at radius 3 is 2.46 bits per heavy atom. The summed E-state index contributed by atoms with van der Waals surface area (Å²) in [4.78, 5) is 0.909. The lowest BCUT2D eigenvalue weighted by Crippen LogP contribution is -2.32. The van der Waals surface area contributed by atoms with Crippen LogP contribution in [0.3, 0.4) is 0 Å². The summed E-state index contributed by atoms with van der Waals surface area (Å²) in [6, 6.07) is -7.57. The molecule has 0 spiro atoms. The van der Waals surface area contributed by atoms with Crippen molar-refractivity contribution in [1.82, 2.24) is 0 Å². The van der Waals surface area contributed by atoms with Gasteiger partial charge in [0.05, 0.1) is 26.1 Å². The predicted octanol–water partition coefficient (Wildman–Crippen LogP) is 5.97. The molecule has 0 bridgehead atoms. The van der Waals surface area contributed by atoms with Crippen LogP contribution in [-0.4, -0.2) is 11.3 Å². The summed E-state index contributed by atoms with van der Waals surface area (Å²) in [5.41, 5.74) is -5.96. The molecule has 0 amide bonds. The van der Waals surface area contributed by atoms with E-state index < -0.39 is 120 Å². The zero-order valence-electron chi connectivity index (χ0n) is 33.6. The van der Waals surface area contributed by atoms with E-state index in [0.29, 0.717) is 0 Å². The Morgan fingerprint density at radius 2 is 1.71 bits per heavy atom. The molecular weight excluding hydrogens is 340 g/mol. The number of fused-ring (bicyclic) bond motifs is 6. The molecule has 0 N–H and O–H groups in total. The first-order valence-corrected chi connectivity index (χ1v) is 8.18. The highest BCUT2D eigenvalue weighted by molar-refractivity contribution is 5.97. The molecule has 0 aromatic heterocycles. The number of anilines is 1. The van der Waals surface area contributed by atoms with Crippen LogP contribution in [0.25, 0.3) is 16.8 Å². The molecule has 0 saturated carbocycles. The van der Waals surface area contributed by atoms with E-state index >= 15 is 0 Å². The fourth-order valence-electron chi connectivity index (χ4n) is 3.45. The van der Waals surface area contributed by atoms with Crippen LogP contribution < -0.4 is 4.90 Å². The van der Waals surface area contributed by atoms with E-state index in [0.717, 1.165) is 9.48 Å². The first-order chi connectivity index (χ1) is 21.3. The zero-order valence-corrected chi connectivity index (χ0v) is 14.6. The van der Waals surface area contributed by atoms with Crippen LogP contribution in [0, 0.1) is 33.6 Å². The summed E-state index contributed by atoms with van der Waals surface area (Å²) in [5.74, 6) is 0. The molecule has 0 radical (unpaired) electrons. The van der Waals surface area contributed by atoms with E-state index in [9.17, 15) is 0 Å². The quantitative estimate of drug-likeness (QED) is 0.371. The molecule has 0 fully saturated rings. The van der Waals surface area contributed by atoms with Crippen LogP contribution in [0.2, 0.25) is 0 Å². The van der Waals surface area contributed by atoms with Crippen LogP contribution in [0.4, 0.5) is 5.69 Å². The molecule has 28 heavy (non-hydrogen) atoms. The average molecular weight is 384 g/mol. The first-order valence-electron chi connectivity index (χ1n) is 17.7. The van der Waals surface area contributed by atoms with Gasteiger partial charge in [-0.15, -0.1) is 0 Å². The predicted molar refractivity (Wildman–Crippen MR) is 117 cm³/mol. The maximum Gasteiger partial charge on any atom is 0.222 e. The van der Waals surface area contributed by atoms with E-state index in [1.807, 2.05) is 0 Å². The van der Waals surface area contributed by atoms with E-state index in [2.05, 4.69) is 6.72 Å². The van der Waals surface area contributed by atoms with Crippen molar-refractivity contribution in [2.24, 2.45) is 0 Å². The minimum atomic E-state index is -3.32. The van der Waals surface area contributed by atoms with E-state index in [1.54, 1.807) is 0 Å². The molecule has 2 heteroatoms. The van der Waals surface area contributed by atoms with Crippen molar-refractivity contribution in [3.63, 3.8) is 0 Å². The molecule has 3 aromatic rings. The SMILES string of the molecule is [2H]C1=C(c2c(C([2H])([2H])[2H])c([2H])c([2H])c([2H])c2C([2H])([2H])[2H])N2c3c([2H])c([2H])c(C([2H])([2H])[2H])c([2H])c3-c3c([2H])c([2H])c([2H])c(C)c3[C-]2[N+]1=C. The number of rotatable bonds is 1. The fraction of sp³-hybridized carbons (Fsp3) is 0.154. The van der Waals surface area contributed by atoms with Crippen molar-refractivity contribution < 1.29 is 30.6 Å². The maximum atomic E-state index is 9.12. The van der Waals surface area contributed by atoms with Crippen molar-refractivity contribution in [2.45, 2.75) is 27.5 Å². The maximum absolute atomic E-state index is 9.12. The van der Waals surface area contributed by atoms with Gasteiger partial charge in [0.15, 0.2) is 0 Å². The Bertz CT molecular complexity index is 1940. The molecule has 3 aromatic carbocycles. The molecule has 2 aliphatic rings. The average Bonchev–Trinajstić information content (AvgIpc) is 3.18. The second kappa shape index (κ2) is 5.87. The largest absolute Gasteiger partial charge is 0.291 e. The smallest absolute Gasteiger partial charge is 0.222 e. The topological polar surface area (TPSA) is 6.25 Å². The van der Waals surface area contributed by atoms with E-state index in [-0.39, 0.29) is 22.9 Å². The molecule has 5 rings (SSSR count). The monoisotopic (exact) mass is 383 g/mol. The lowest BCUT2D eigenvalue weighted by molar-refractivity contribution is -0.416. The Kier molecular flexibility index (Phi) is 1.28. The van der Waals surface area contributed by atoms with E-state index in [1.165, 1.54) is 6.92 Å². The van der Waals surface area contributed by atoms with Gasteiger partial charge in [-0.1, -0.05) is 72.0 Å². The first kappa shape index (κ1) is 6.12. The van der Waals surface area contributed by atoms with Gasteiger partial charge in [-0.05, 0) is 48.9 Å². The highest BCUT2D eigenvalue weighted by atomic mass is 15.4. The Labute approximate surface area is 193 Å². The van der Waals surface area contributed by atoms with Crippen LogP contribution in [0.1, 0.15) is 59.4 Å². The minimum absolute atomic E-state index is 0.0263. The minimum Gasteiger partial charge on any atom is -0.291 e. The highest BCUT2D eigenvalue weighted by Gasteiger charge is 2.41. The number of nitrogens with zero attached hydrogens (tertiary/aromatic N) is 2. The van der Waals surface area contributed by atoms with Gasteiger partial charge >= 0.3 is 0 Å². The van der Waals surface area contributed by atoms with Gasteiger partial charge in [0.2, 0.25) is 6.17 Å². The van der Waals surface area contributed by atoms with Gasteiger partial charge in [-0.2, -0.15) is 0 Å². The van der Waals surface area contributed by atoms with Crippen LogP contribution in [0.5, 0.6) is 0 Å². The Morgan fingerprint density at radius 1 is 0.964 bits per heavy atom. The molecule has 138 valence electrons. The van der Waals surface area contributed by atoms with Crippen LogP contribution in [0.15, 0.2) is 60.6 Å². The number of benzene rings is 3. The molecule has 0 aliphatic carbocycles. The summed E-state index contributed by atoms with van der Waals surface area (Å²) < 4.78 is 161. The number of hydrogen-bond acceptors (Lipinski definition) is 1. The second-order valence-corrected chi connectivity index (χ2v) is 6.27. The Hall–Kier alpha value is -3.26. The molecule has 2 heterocycles. The summed E-state index contributed by atoms with van der Waals surface area (Å²) in [7, 11) is 0. The van der Waals surface area contributed by atoms with E-state index in [4.69, 9.17) is 26.0 Å². The van der Waals surface area contributed by atoms with Gasteiger partial charge in [-0.3, -0.25) is 9.48 Å². The third-order valence-corrected chi connectivity index (χ3v) is 4.60. The normalized spacial score (nSPS) is 26.0. The standard InChI is InChI=1S/C26H24N2/c1-16-12-13-22-21(14-16)20-11-7-10-19(4)25(20)26-27(5)15-23(28(22)26)24-17(2)8-6-9-18(24)3/h6-15H,5H2,1-4H3/i1D3,2D3,3D3,6D,7D,8D,9D,10D,11D,12D,13D,14D,15D. The van der Waals surface area contributed by atoms with Crippen molar-refractivity contribution >= 4 is 18.1 Å². The summed E-state index contributed by atoms with van der Waals surface area (Å²) in [5, 5.41) is 0. The molecular formula is C26H24N2. The second-order valence-electron chi connectivity index (χ2n) is 6.27. The van der Waals surface area contributed by atoms with Crippen molar-refractivity contribution in [3.8, 4) is 11.1 Å².